The van der Waals surface area contributed by atoms with Gasteiger partial charge in [0.05, 0.1) is 19.3 Å². The summed E-state index contributed by atoms with van der Waals surface area (Å²) in [5.74, 6) is -0.508. The zero-order valence-corrected chi connectivity index (χ0v) is 11.6. The standard InChI is InChI=1S/C14H20FNO3/c1-11(10-19-3)16(8-9-18-2)14(17)12-4-6-13(15)7-5-12/h4-7,11H,8-10H2,1-3H3. The fraction of sp³-hybridized carbons (Fsp3) is 0.500. The van der Waals surface area contributed by atoms with Gasteiger partial charge >= 0.3 is 0 Å². The Morgan fingerprint density at radius 2 is 1.89 bits per heavy atom. The van der Waals surface area contributed by atoms with Gasteiger partial charge in [-0.3, -0.25) is 4.79 Å². The lowest BCUT2D eigenvalue weighted by Gasteiger charge is -2.28. The van der Waals surface area contributed by atoms with Gasteiger partial charge in [-0.2, -0.15) is 0 Å². The number of rotatable bonds is 7. The number of methoxy groups -OCH3 is 2. The molecule has 0 saturated heterocycles. The number of benzene rings is 1. The normalized spacial score (nSPS) is 12.2. The van der Waals surface area contributed by atoms with Crippen molar-refractivity contribution in [1.29, 1.82) is 0 Å². The molecule has 0 aliphatic carbocycles. The molecule has 4 nitrogen and oxygen atoms in total. The Morgan fingerprint density at radius 1 is 1.26 bits per heavy atom. The van der Waals surface area contributed by atoms with Gasteiger partial charge in [0.25, 0.3) is 5.91 Å². The molecule has 19 heavy (non-hydrogen) atoms. The Labute approximate surface area is 113 Å². The first-order chi connectivity index (χ1) is 9.10. The summed E-state index contributed by atoms with van der Waals surface area (Å²) in [5.41, 5.74) is 0.459. The molecule has 1 amide bonds. The van der Waals surface area contributed by atoms with Crippen LogP contribution >= 0.6 is 0 Å². The second-order valence-electron chi connectivity index (χ2n) is 4.30. The van der Waals surface area contributed by atoms with E-state index in [1.807, 2.05) is 6.92 Å². The highest BCUT2D eigenvalue weighted by molar-refractivity contribution is 5.94. The highest BCUT2D eigenvalue weighted by atomic mass is 19.1. The van der Waals surface area contributed by atoms with Crippen LogP contribution in [0.1, 0.15) is 17.3 Å². The van der Waals surface area contributed by atoms with E-state index in [0.29, 0.717) is 25.3 Å². The van der Waals surface area contributed by atoms with E-state index in [2.05, 4.69) is 0 Å². The zero-order valence-electron chi connectivity index (χ0n) is 11.6. The first kappa shape index (κ1) is 15.6. The maximum Gasteiger partial charge on any atom is 0.254 e. The van der Waals surface area contributed by atoms with E-state index < -0.39 is 0 Å². The van der Waals surface area contributed by atoms with Crippen molar-refractivity contribution < 1.29 is 18.7 Å². The summed E-state index contributed by atoms with van der Waals surface area (Å²) in [4.78, 5) is 14.0. The van der Waals surface area contributed by atoms with E-state index >= 15 is 0 Å². The van der Waals surface area contributed by atoms with Crippen molar-refractivity contribution in [2.45, 2.75) is 13.0 Å². The van der Waals surface area contributed by atoms with E-state index in [9.17, 15) is 9.18 Å². The van der Waals surface area contributed by atoms with Crippen molar-refractivity contribution >= 4 is 5.91 Å². The minimum atomic E-state index is -0.357. The third-order valence-electron chi connectivity index (χ3n) is 2.83. The second-order valence-corrected chi connectivity index (χ2v) is 4.30. The molecule has 0 bridgehead atoms. The van der Waals surface area contributed by atoms with Crippen LogP contribution in [0, 0.1) is 5.82 Å². The number of hydrogen-bond donors (Lipinski definition) is 0. The molecule has 0 heterocycles. The summed E-state index contributed by atoms with van der Waals surface area (Å²) < 4.78 is 23.0. The summed E-state index contributed by atoms with van der Waals surface area (Å²) in [6.45, 7) is 3.26. The minimum absolute atomic E-state index is 0.0716. The minimum Gasteiger partial charge on any atom is -0.383 e. The van der Waals surface area contributed by atoms with Gasteiger partial charge in [-0.05, 0) is 31.2 Å². The van der Waals surface area contributed by atoms with Gasteiger partial charge in [0.15, 0.2) is 0 Å². The molecule has 1 aromatic carbocycles. The molecule has 1 aromatic rings. The Hall–Kier alpha value is -1.46. The number of amides is 1. The number of carbonyl (C=O) groups excluding carboxylic acids is 1. The first-order valence-corrected chi connectivity index (χ1v) is 6.14. The zero-order chi connectivity index (χ0) is 14.3. The molecule has 1 rings (SSSR count). The Kier molecular flexibility index (Phi) is 6.45. The predicted octanol–water partition coefficient (Wildman–Crippen LogP) is 1.95. The third kappa shape index (κ3) is 4.61. The molecule has 0 N–H and O–H groups in total. The number of carbonyl (C=O) groups is 1. The molecule has 0 aliphatic heterocycles. The Morgan fingerprint density at radius 3 is 2.42 bits per heavy atom. The molecule has 1 atom stereocenters. The van der Waals surface area contributed by atoms with Gasteiger partial charge < -0.3 is 14.4 Å². The van der Waals surface area contributed by atoms with Gasteiger partial charge in [0, 0.05) is 26.3 Å². The molecule has 0 aliphatic rings. The molecular formula is C14H20FNO3. The number of hydrogen-bond acceptors (Lipinski definition) is 3. The fourth-order valence-corrected chi connectivity index (χ4v) is 1.80. The van der Waals surface area contributed by atoms with Crippen LogP contribution in [0.25, 0.3) is 0 Å². The van der Waals surface area contributed by atoms with E-state index in [4.69, 9.17) is 9.47 Å². The van der Waals surface area contributed by atoms with E-state index in [-0.39, 0.29) is 17.8 Å². The van der Waals surface area contributed by atoms with E-state index in [1.54, 1.807) is 19.1 Å². The number of nitrogens with zero attached hydrogens (tertiary/aromatic N) is 1. The number of halogens is 1. The molecule has 1 unspecified atom stereocenters. The van der Waals surface area contributed by atoms with Crippen molar-refractivity contribution in [3.63, 3.8) is 0 Å². The van der Waals surface area contributed by atoms with Crippen molar-refractivity contribution in [2.24, 2.45) is 0 Å². The second kappa shape index (κ2) is 7.86. The summed E-state index contributed by atoms with van der Waals surface area (Å²) in [7, 11) is 3.18. The summed E-state index contributed by atoms with van der Waals surface area (Å²) >= 11 is 0. The summed E-state index contributed by atoms with van der Waals surface area (Å²) in [6.07, 6.45) is 0. The Bertz CT molecular complexity index is 394. The predicted molar refractivity (Wildman–Crippen MR) is 70.7 cm³/mol. The van der Waals surface area contributed by atoms with Crippen LogP contribution in [0.3, 0.4) is 0 Å². The quantitative estimate of drug-likeness (QED) is 0.759. The maximum atomic E-state index is 12.9. The van der Waals surface area contributed by atoms with Crippen molar-refractivity contribution in [3.05, 3.63) is 35.6 Å². The van der Waals surface area contributed by atoms with Crippen LogP contribution in [0.5, 0.6) is 0 Å². The van der Waals surface area contributed by atoms with Gasteiger partial charge in [-0.25, -0.2) is 4.39 Å². The molecule has 0 radical (unpaired) electrons. The highest BCUT2D eigenvalue weighted by Crippen LogP contribution is 2.10. The van der Waals surface area contributed by atoms with Crippen molar-refractivity contribution in [1.82, 2.24) is 4.90 Å². The SMILES string of the molecule is COCCN(C(=O)c1ccc(F)cc1)C(C)COC. The molecule has 0 spiro atoms. The maximum absolute atomic E-state index is 12.9. The van der Waals surface area contributed by atoms with Crippen LogP contribution in [-0.2, 0) is 9.47 Å². The molecular weight excluding hydrogens is 249 g/mol. The van der Waals surface area contributed by atoms with Gasteiger partial charge in [0.1, 0.15) is 5.82 Å². The lowest BCUT2D eigenvalue weighted by Crippen LogP contribution is -2.43. The van der Waals surface area contributed by atoms with Crippen LogP contribution in [0.2, 0.25) is 0 Å². The monoisotopic (exact) mass is 269 g/mol. The van der Waals surface area contributed by atoms with E-state index in [1.165, 1.54) is 24.3 Å². The Balaban J connectivity index is 2.83. The van der Waals surface area contributed by atoms with Gasteiger partial charge in [-0.15, -0.1) is 0 Å². The largest absolute Gasteiger partial charge is 0.383 e. The average Bonchev–Trinajstić information content (AvgIpc) is 2.40. The van der Waals surface area contributed by atoms with Crippen molar-refractivity contribution in [2.75, 3.05) is 34.0 Å². The lowest BCUT2D eigenvalue weighted by atomic mass is 10.1. The molecule has 0 saturated carbocycles. The fourth-order valence-electron chi connectivity index (χ4n) is 1.80. The highest BCUT2D eigenvalue weighted by Gasteiger charge is 2.21. The van der Waals surface area contributed by atoms with Crippen LogP contribution in [-0.4, -0.2) is 50.8 Å². The van der Waals surface area contributed by atoms with Crippen LogP contribution in [0.15, 0.2) is 24.3 Å². The lowest BCUT2D eigenvalue weighted by molar-refractivity contribution is 0.0479. The van der Waals surface area contributed by atoms with Crippen LogP contribution in [0.4, 0.5) is 4.39 Å². The topological polar surface area (TPSA) is 38.8 Å². The average molecular weight is 269 g/mol. The van der Waals surface area contributed by atoms with Crippen LogP contribution < -0.4 is 0 Å². The van der Waals surface area contributed by atoms with Gasteiger partial charge in [0.2, 0.25) is 0 Å². The number of ether oxygens (including phenoxy) is 2. The van der Waals surface area contributed by atoms with Gasteiger partial charge in [-0.1, -0.05) is 0 Å². The molecule has 0 aromatic heterocycles. The first-order valence-electron chi connectivity index (χ1n) is 6.14. The molecule has 5 heteroatoms. The third-order valence-corrected chi connectivity index (χ3v) is 2.83. The summed E-state index contributed by atoms with van der Waals surface area (Å²) in [6, 6.07) is 5.46. The molecule has 106 valence electrons. The smallest absolute Gasteiger partial charge is 0.254 e. The van der Waals surface area contributed by atoms with Crippen molar-refractivity contribution in [3.8, 4) is 0 Å². The summed E-state index contributed by atoms with van der Waals surface area (Å²) in [5, 5.41) is 0. The molecule has 0 fully saturated rings. The van der Waals surface area contributed by atoms with E-state index in [0.717, 1.165) is 0 Å².